The number of para-hydroxylation sites is 2. The number of aromatic nitrogens is 2. The number of anilines is 6. The monoisotopic (exact) mass is 994 g/mol. The maximum Gasteiger partial charge on any atom is 0.0542 e. The van der Waals surface area contributed by atoms with Crippen LogP contribution in [-0.4, -0.2) is 9.13 Å². The maximum atomic E-state index is 2.46. The summed E-state index contributed by atoms with van der Waals surface area (Å²) in [7, 11) is 0. The van der Waals surface area contributed by atoms with E-state index < -0.39 is 0 Å². The molecule has 15 aromatic rings. The molecule has 0 radical (unpaired) electrons. The van der Waals surface area contributed by atoms with Crippen LogP contribution in [0.4, 0.5) is 34.1 Å². The molecule has 0 aliphatic rings. The molecule has 0 aliphatic carbocycles. The predicted molar refractivity (Wildman–Crippen MR) is 330 cm³/mol. The molecule has 2 heterocycles. The molecule has 0 spiro atoms. The van der Waals surface area contributed by atoms with Crippen molar-refractivity contribution in [2.75, 3.05) is 9.80 Å². The quantitative estimate of drug-likeness (QED) is 0.136. The van der Waals surface area contributed by atoms with Crippen molar-refractivity contribution in [2.24, 2.45) is 0 Å². The zero-order valence-electron chi connectivity index (χ0n) is 42.7. The van der Waals surface area contributed by atoms with E-state index in [0.29, 0.717) is 0 Å². The first-order chi connectivity index (χ1) is 38.6. The molecule has 78 heavy (non-hydrogen) atoms. The van der Waals surface area contributed by atoms with Crippen LogP contribution in [0.2, 0.25) is 0 Å². The van der Waals surface area contributed by atoms with Gasteiger partial charge in [-0.15, -0.1) is 0 Å². The number of rotatable bonds is 10. The fourth-order valence-corrected chi connectivity index (χ4v) is 11.8. The number of hydrogen-bond donors (Lipinski definition) is 0. The molecule has 0 amide bonds. The summed E-state index contributed by atoms with van der Waals surface area (Å²) >= 11 is 0. The van der Waals surface area contributed by atoms with E-state index in [0.717, 1.165) is 89.8 Å². The molecule has 0 saturated heterocycles. The van der Waals surface area contributed by atoms with Gasteiger partial charge < -0.3 is 18.9 Å². The highest BCUT2D eigenvalue weighted by molar-refractivity contribution is 6.04. The molecule has 0 bridgehead atoms. The van der Waals surface area contributed by atoms with Crippen LogP contribution in [0.5, 0.6) is 0 Å². The van der Waals surface area contributed by atoms with Gasteiger partial charge in [0.2, 0.25) is 0 Å². The lowest BCUT2D eigenvalue weighted by atomic mass is 10.0. The number of hydrogen-bond acceptors (Lipinski definition) is 2. The lowest BCUT2D eigenvalue weighted by Gasteiger charge is -2.26. The van der Waals surface area contributed by atoms with Crippen molar-refractivity contribution in [1.82, 2.24) is 9.13 Å². The smallest absolute Gasteiger partial charge is 0.0542 e. The first-order valence-electron chi connectivity index (χ1n) is 26.7. The second-order valence-electron chi connectivity index (χ2n) is 20.3. The van der Waals surface area contributed by atoms with Gasteiger partial charge in [0.15, 0.2) is 0 Å². The van der Waals surface area contributed by atoms with Gasteiger partial charge in [-0.05, 0) is 188 Å². The van der Waals surface area contributed by atoms with Crippen LogP contribution >= 0.6 is 0 Å². The third kappa shape index (κ3) is 7.94. The van der Waals surface area contributed by atoms with Crippen LogP contribution in [0, 0.1) is 0 Å². The molecule has 0 aliphatic heterocycles. The largest absolute Gasteiger partial charge is 0.310 e. The fraction of sp³-hybridized carbons (Fsp3) is 0. The van der Waals surface area contributed by atoms with E-state index in [1.54, 1.807) is 0 Å². The van der Waals surface area contributed by atoms with Gasteiger partial charge in [-0.2, -0.15) is 0 Å². The second kappa shape index (κ2) is 18.7. The highest BCUT2D eigenvalue weighted by atomic mass is 15.1. The van der Waals surface area contributed by atoms with Crippen LogP contribution < -0.4 is 9.80 Å². The lowest BCUT2D eigenvalue weighted by molar-refractivity contribution is 1.13. The van der Waals surface area contributed by atoms with Crippen molar-refractivity contribution in [3.8, 4) is 33.9 Å². The van der Waals surface area contributed by atoms with Gasteiger partial charge in [-0.1, -0.05) is 170 Å². The van der Waals surface area contributed by atoms with Crippen molar-refractivity contribution in [3.05, 3.63) is 303 Å². The normalized spacial score (nSPS) is 11.6. The van der Waals surface area contributed by atoms with E-state index in [9.17, 15) is 0 Å². The summed E-state index contributed by atoms with van der Waals surface area (Å²) in [6, 6.07) is 111. The van der Waals surface area contributed by atoms with E-state index in [1.165, 1.54) is 43.1 Å². The highest BCUT2D eigenvalue weighted by Gasteiger charge is 2.21. The van der Waals surface area contributed by atoms with Crippen LogP contribution in [-0.2, 0) is 0 Å². The van der Waals surface area contributed by atoms with E-state index >= 15 is 0 Å². The van der Waals surface area contributed by atoms with Crippen LogP contribution in [0.1, 0.15) is 0 Å². The molecule has 366 valence electrons. The number of benzene rings is 13. The molecule has 2 aromatic heterocycles. The zero-order chi connectivity index (χ0) is 51.5. The molecular weight excluding hydrogens is 945 g/mol. The molecule has 4 nitrogen and oxygen atoms in total. The Labute approximate surface area is 452 Å². The van der Waals surface area contributed by atoms with Gasteiger partial charge in [0, 0.05) is 56.3 Å². The zero-order valence-corrected chi connectivity index (χ0v) is 42.7. The number of nitrogens with zero attached hydrogens (tertiary/aromatic N) is 4. The molecule has 15 rings (SSSR count). The molecule has 0 fully saturated rings. The molecule has 0 saturated carbocycles. The lowest BCUT2D eigenvalue weighted by Crippen LogP contribution is -2.10. The van der Waals surface area contributed by atoms with E-state index in [2.05, 4.69) is 322 Å². The molecular formula is C74H50N4. The summed E-state index contributed by atoms with van der Waals surface area (Å²) in [5.74, 6) is 0. The van der Waals surface area contributed by atoms with Crippen molar-refractivity contribution < 1.29 is 0 Å². The van der Waals surface area contributed by atoms with Gasteiger partial charge >= 0.3 is 0 Å². The van der Waals surface area contributed by atoms with E-state index in [1.807, 2.05) is 0 Å². The van der Waals surface area contributed by atoms with Gasteiger partial charge in [-0.25, -0.2) is 0 Å². The van der Waals surface area contributed by atoms with Gasteiger partial charge in [0.1, 0.15) is 0 Å². The summed E-state index contributed by atoms with van der Waals surface area (Å²) in [6.45, 7) is 0. The minimum Gasteiger partial charge on any atom is -0.310 e. The minimum atomic E-state index is 1.08. The first-order valence-corrected chi connectivity index (χ1v) is 26.7. The summed E-state index contributed by atoms with van der Waals surface area (Å²) < 4.78 is 4.91. The Morgan fingerprint density at radius 2 is 0.487 bits per heavy atom. The van der Waals surface area contributed by atoms with E-state index in [-0.39, 0.29) is 0 Å². The molecule has 13 aromatic carbocycles. The third-order valence-electron chi connectivity index (χ3n) is 15.6. The van der Waals surface area contributed by atoms with Crippen LogP contribution in [0.25, 0.3) is 98.8 Å². The Kier molecular flexibility index (Phi) is 10.8. The van der Waals surface area contributed by atoms with Crippen molar-refractivity contribution >= 4 is 99.0 Å². The van der Waals surface area contributed by atoms with Gasteiger partial charge in [0.25, 0.3) is 0 Å². The van der Waals surface area contributed by atoms with Crippen molar-refractivity contribution in [2.45, 2.75) is 0 Å². The van der Waals surface area contributed by atoms with Gasteiger partial charge in [0.05, 0.1) is 22.4 Å². The average Bonchev–Trinajstić information content (AvgIpc) is 4.21. The topological polar surface area (TPSA) is 16.3 Å². The summed E-state index contributed by atoms with van der Waals surface area (Å²) in [5, 5.41) is 12.0. The first kappa shape index (κ1) is 45.0. The third-order valence-corrected chi connectivity index (χ3v) is 15.6. The Bertz CT molecular complexity index is 4420. The molecule has 0 unspecified atom stereocenters. The van der Waals surface area contributed by atoms with Gasteiger partial charge in [-0.3, -0.25) is 0 Å². The highest BCUT2D eigenvalue weighted by Crippen LogP contribution is 2.43. The summed E-state index contributed by atoms with van der Waals surface area (Å²) in [5.41, 5.74) is 15.6. The van der Waals surface area contributed by atoms with Crippen LogP contribution in [0.15, 0.2) is 303 Å². The summed E-state index contributed by atoms with van der Waals surface area (Å²) in [6.07, 6.45) is 0. The Morgan fingerprint density at radius 1 is 0.192 bits per heavy atom. The van der Waals surface area contributed by atoms with Crippen molar-refractivity contribution in [1.29, 1.82) is 0 Å². The maximum absolute atomic E-state index is 2.46. The fourth-order valence-electron chi connectivity index (χ4n) is 11.8. The molecule has 0 atom stereocenters. The molecule has 0 N–H and O–H groups in total. The molecule has 4 heteroatoms. The Morgan fingerprint density at radius 3 is 0.859 bits per heavy atom. The second-order valence-corrected chi connectivity index (χ2v) is 20.3. The predicted octanol–water partition coefficient (Wildman–Crippen LogP) is 20.5. The standard InChI is InChI=1S/C74H50N4/c1-3-23-63(24-4-1)75(69-33-31-53-17-9-13-21-57(53)45-69)65-35-39-67(40-36-65)77-71(59-29-27-51-15-7-11-19-55(51)43-59)47-61-50-74-62(49-73(61)77)48-72(60-30-28-52-16-8-12-20-56(52)44-60)78(74)68-41-37-66(38-42-68)76(64-25-5-2-6-26-64)70-34-32-54-18-10-14-22-58(54)46-70/h1-50H. The SMILES string of the molecule is c1ccc(N(c2ccc(-n3c(-c4ccc5ccccc5c4)cc4cc5c(cc(-c6ccc7ccccc7c6)n5-c5ccc(N(c6ccccc6)c6ccc7ccccc7c6)cc5)cc43)cc2)c2ccc3ccccc3c2)cc1. The van der Waals surface area contributed by atoms with Crippen LogP contribution in [0.3, 0.4) is 0 Å². The van der Waals surface area contributed by atoms with Crippen molar-refractivity contribution in [3.63, 3.8) is 0 Å². The summed E-state index contributed by atoms with van der Waals surface area (Å²) in [4.78, 5) is 4.70. The Balaban J connectivity index is 0.908. The average molecular weight is 995 g/mol. The number of fused-ring (bicyclic) bond motifs is 6. The Hall–Kier alpha value is -10.4. The minimum absolute atomic E-state index is 1.08. The van der Waals surface area contributed by atoms with E-state index in [4.69, 9.17) is 0 Å².